The van der Waals surface area contributed by atoms with Gasteiger partial charge in [-0.1, -0.05) is 23.4 Å². The lowest BCUT2D eigenvalue weighted by atomic mass is 10.2. The topological polar surface area (TPSA) is 30.7 Å². The van der Waals surface area contributed by atoms with Gasteiger partial charge in [0.05, 0.1) is 12.4 Å². The minimum atomic E-state index is -2.75. The van der Waals surface area contributed by atoms with Crippen molar-refractivity contribution in [3.63, 3.8) is 0 Å². The van der Waals surface area contributed by atoms with Gasteiger partial charge in [-0.3, -0.25) is 0 Å². The molecule has 7 heteroatoms. The average molecular weight is 276 g/mol. The Bertz CT molecular complexity index is 542. The van der Waals surface area contributed by atoms with E-state index in [4.69, 9.17) is 11.6 Å². The Morgan fingerprint density at radius 3 is 2.61 bits per heavy atom. The highest BCUT2D eigenvalue weighted by Gasteiger charge is 2.21. The molecule has 3 nitrogen and oxygen atoms in total. The highest BCUT2D eigenvalue weighted by Crippen LogP contribution is 2.23. The van der Waals surface area contributed by atoms with Crippen LogP contribution in [-0.2, 0) is 12.4 Å². The van der Waals surface area contributed by atoms with Gasteiger partial charge in [-0.05, 0) is 6.07 Å². The smallest absolute Gasteiger partial charge is 0.239 e. The third-order valence-corrected chi connectivity index (χ3v) is 2.71. The SMILES string of the molecule is Fc1ccccc1Cn1nnc(CCl)c1C(F)F. The number of aromatic nitrogens is 3. The summed E-state index contributed by atoms with van der Waals surface area (Å²) in [6, 6.07) is 5.92. The van der Waals surface area contributed by atoms with Crippen LogP contribution < -0.4 is 0 Å². The van der Waals surface area contributed by atoms with Crippen molar-refractivity contribution in [1.82, 2.24) is 15.0 Å². The molecular weight excluding hydrogens is 267 g/mol. The van der Waals surface area contributed by atoms with E-state index in [0.717, 1.165) is 4.68 Å². The van der Waals surface area contributed by atoms with E-state index in [1.165, 1.54) is 18.2 Å². The second-order valence-corrected chi connectivity index (χ2v) is 3.87. The number of rotatable bonds is 4. The first kappa shape index (κ1) is 12.9. The fourth-order valence-electron chi connectivity index (χ4n) is 1.59. The molecule has 96 valence electrons. The molecule has 1 aromatic heterocycles. The lowest BCUT2D eigenvalue weighted by molar-refractivity contribution is 0.139. The largest absolute Gasteiger partial charge is 0.281 e. The van der Waals surface area contributed by atoms with Crippen LogP contribution in [0.3, 0.4) is 0 Å². The van der Waals surface area contributed by atoms with Crippen molar-refractivity contribution in [1.29, 1.82) is 0 Å². The Hall–Kier alpha value is -1.56. The van der Waals surface area contributed by atoms with Crippen LogP contribution in [0.2, 0.25) is 0 Å². The summed E-state index contributed by atoms with van der Waals surface area (Å²) in [5.74, 6) is -0.627. The number of benzene rings is 1. The molecule has 0 atom stereocenters. The van der Waals surface area contributed by atoms with Crippen LogP contribution in [0.25, 0.3) is 0 Å². The van der Waals surface area contributed by atoms with Crippen molar-refractivity contribution < 1.29 is 13.2 Å². The van der Waals surface area contributed by atoms with Crippen molar-refractivity contribution in [3.05, 3.63) is 47.0 Å². The molecule has 0 N–H and O–H groups in total. The molecule has 0 spiro atoms. The van der Waals surface area contributed by atoms with Gasteiger partial charge in [-0.15, -0.1) is 16.7 Å². The van der Waals surface area contributed by atoms with Crippen molar-refractivity contribution in [2.75, 3.05) is 0 Å². The van der Waals surface area contributed by atoms with Crippen LogP contribution in [0, 0.1) is 5.82 Å². The zero-order chi connectivity index (χ0) is 13.1. The summed E-state index contributed by atoms with van der Waals surface area (Å²) in [5, 5.41) is 7.14. The van der Waals surface area contributed by atoms with Gasteiger partial charge in [0, 0.05) is 5.56 Å². The molecule has 0 radical (unpaired) electrons. The van der Waals surface area contributed by atoms with Crippen LogP contribution in [-0.4, -0.2) is 15.0 Å². The number of halogens is 4. The Morgan fingerprint density at radius 1 is 1.28 bits per heavy atom. The molecule has 0 aliphatic rings. The summed E-state index contributed by atoms with van der Waals surface area (Å²) in [6.45, 7) is -0.101. The first-order valence-corrected chi connectivity index (χ1v) is 5.66. The number of alkyl halides is 3. The van der Waals surface area contributed by atoms with Gasteiger partial charge in [0.1, 0.15) is 17.2 Å². The minimum Gasteiger partial charge on any atom is -0.239 e. The summed E-state index contributed by atoms with van der Waals surface area (Å²) in [5.41, 5.74) is -0.0818. The van der Waals surface area contributed by atoms with Crippen LogP contribution in [0.15, 0.2) is 24.3 Å². The first-order chi connectivity index (χ1) is 8.63. The predicted octanol–water partition coefficient (Wildman–Crippen LogP) is 3.14. The zero-order valence-electron chi connectivity index (χ0n) is 9.15. The van der Waals surface area contributed by atoms with Crippen molar-refractivity contribution in [3.8, 4) is 0 Å². The summed E-state index contributed by atoms with van der Waals surface area (Å²) in [6.07, 6.45) is -2.75. The van der Waals surface area contributed by atoms with Crippen molar-refractivity contribution in [2.24, 2.45) is 0 Å². The molecule has 2 rings (SSSR count). The van der Waals surface area contributed by atoms with E-state index in [2.05, 4.69) is 10.3 Å². The van der Waals surface area contributed by atoms with E-state index in [0.29, 0.717) is 0 Å². The van der Waals surface area contributed by atoms with E-state index in [-0.39, 0.29) is 29.4 Å². The molecule has 0 unspecified atom stereocenters. The number of nitrogens with zero attached hydrogens (tertiary/aromatic N) is 3. The van der Waals surface area contributed by atoms with Crippen LogP contribution in [0.4, 0.5) is 13.2 Å². The van der Waals surface area contributed by atoms with E-state index in [9.17, 15) is 13.2 Å². The Morgan fingerprint density at radius 2 is 2.00 bits per heavy atom. The normalized spacial score (nSPS) is 11.2. The van der Waals surface area contributed by atoms with Crippen LogP contribution in [0.5, 0.6) is 0 Å². The molecule has 0 aliphatic heterocycles. The lowest BCUT2D eigenvalue weighted by Crippen LogP contribution is -2.09. The van der Waals surface area contributed by atoms with Crippen molar-refractivity contribution in [2.45, 2.75) is 18.9 Å². The summed E-state index contributed by atoms with van der Waals surface area (Å²) >= 11 is 5.50. The minimum absolute atomic E-state index is 0.0167. The van der Waals surface area contributed by atoms with Gasteiger partial charge >= 0.3 is 0 Å². The van der Waals surface area contributed by atoms with E-state index in [1.807, 2.05) is 0 Å². The maximum atomic E-state index is 13.4. The van der Waals surface area contributed by atoms with Gasteiger partial charge in [0.2, 0.25) is 0 Å². The second kappa shape index (κ2) is 5.39. The molecule has 18 heavy (non-hydrogen) atoms. The molecule has 1 heterocycles. The molecule has 0 aliphatic carbocycles. The van der Waals surface area contributed by atoms with E-state index < -0.39 is 12.2 Å². The van der Waals surface area contributed by atoms with Crippen LogP contribution >= 0.6 is 11.6 Å². The fraction of sp³-hybridized carbons (Fsp3) is 0.273. The van der Waals surface area contributed by atoms with E-state index in [1.54, 1.807) is 6.07 Å². The lowest BCUT2D eigenvalue weighted by Gasteiger charge is -2.07. The molecular formula is C11H9ClF3N3. The van der Waals surface area contributed by atoms with Gasteiger partial charge < -0.3 is 0 Å². The molecule has 1 aromatic carbocycles. The Labute approximate surface area is 106 Å². The van der Waals surface area contributed by atoms with E-state index >= 15 is 0 Å². The monoisotopic (exact) mass is 275 g/mol. The Kier molecular flexibility index (Phi) is 3.86. The molecule has 0 bridgehead atoms. The molecule has 0 saturated carbocycles. The molecule has 2 aromatic rings. The maximum absolute atomic E-state index is 13.4. The van der Waals surface area contributed by atoms with Gasteiger partial charge in [-0.25, -0.2) is 17.9 Å². The second-order valence-electron chi connectivity index (χ2n) is 3.60. The third kappa shape index (κ3) is 2.48. The van der Waals surface area contributed by atoms with Crippen molar-refractivity contribution >= 4 is 11.6 Å². The van der Waals surface area contributed by atoms with Gasteiger partial charge in [-0.2, -0.15) is 0 Å². The molecule has 0 fully saturated rings. The highest BCUT2D eigenvalue weighted by atomic mass is 35.5. The summed E-state index contributed by atoms with van der Waals surface area (Å²) in [4.78, 5) is 0. The molecule has 0 saturated heterocycles. The summed E-state index contributed by atoms with van der Waals surface area (Å²) < 4.78 is 40.1. The third-order valence-electron chi connectivity index (χ3n) is 2.46. The van der Waals surface area contributed by atoms with Gasteiger partial charge in [0.25, 0.3) is 6.43 Å². The maximum Gasteiger partial charge on any atom is 0.281 e. The first-order valence-electron chi connectivity index (χ1n) is 5.13. The predicted molar refractivity (Wildman–Crippen MR) is 60.0 cm³/mol. The Balaban J connectivity index is 2.35. The highest BCUT2D eigenvalue weighted by molar-refractivity contribution is 6.16. The summed E-state index contributed by atoms with van der Waals surface area (Å²) in [7, 11) is 0. The number of hydrogen-bond donors (Lipinski definition) is 0. The quantitative estimate of drug-likeness (QED) is 0.803. The average Bonchev–Trinajstić information content (AvgIpc) is 2.75. The zero-order valence-corrected chi connectivity index (χ0v) is 9.91. The van der Waals surface area contributed by atoms with Crippen LogP contribution in [0.1, 0.15) is 23.4 Å². The van der Waals surface area contributed by atoms with Gasteiger partial charge in [0.15, 0.2) is 0 Å². The molecule has 0 amide bonds. The fourth-order valence-corrected chi connectivity index (χ4v) is 1.79. The number of hydrogen-bond acceptors (Lipinski definition) is 2. The standard InChI is InChI=1S/C11H9ClF3N3/c12-5-9-10(11(14)15)18(17-16-9)6-7-3-1-2-4-8(7)13/h1-4,11H,5-6H2.